The molecule has 166 valence electrons. The molecule has 0 aromatic heterocycles. The number of amides is 1. The summed E-state index contributed by atoms with van der Waals surface area (Å²) in [4.78, 5) is 17.1. The van der Waals surface area contributed by atoms with Crippen LogP contribution in [0, 0.1) is 0 Å². The van der Waals surface area contributed by atoms with Gasteiger partial charge in [-0.2, -0.15) is 0 Å². The molecule has 6 heteroatoms. The van der Waals surface area contributed by atoms with Gasteiger partial charge in [-0.3, -0.25) is 9.69 Å². The first-order valence-electron chi connectivity index (χ1n) is 11.2. The van der Waals surface area contributed by atoms with E-state index < -0.39 is 0 Å². The van der Waals surface area contributed by atoms with Crippen LogP contribution in [0.5, 0.6) is 5.75 Å². The minimum Gasteiger partial charge on any atom is -0.484 e. The Morgan fingerprint density at radius 1 is 0.968 bits per heavy atom. The number of carbonyl (C=O) groups is 1. The van der Waals surface area contributed by atoms with Gasteiger partial charge in [-0.15, -0.1) is 0 Å². The van der Waals surface area contributed by atoms with Crippen molar-refractivity contribution >= 4 is 17.5 Å². The fraction of sp³-hybridized carbons (Fsp3) is 0.480. The summed E-state index contributed by atoms with van der Waals surface area (Å²) in [6.45, 7) is 4.25. The number of rotatable bonds is 8. The van der Waals surface area contributed by atoms with Gasteiger partial charge < -0.3 is 14.4 Å². The summed E-state index contributed by atoms with van der Waals surface area (Å²) < 4.78 is 11.7. The van der Waals surface area contributed by atoms with Crippen molar-refractivity contribution < 1.29 is 14.3 Å². The van der Waals surface area contributed by atoms with E-state index in [4.69, 9.17) is 21.1 Å². The first-order chi connectivity index (χ1) is 15.2. The van der Waals surface area contributed by atoms with Crippen molar-refractivity contribution in [2.75, 3.05) is 32.8 Å². The Morgan fingerprint density at radius 2 is 1.71 bits per heavy atom. The second kappa shape index (κ2) is 11.0. The summed E-state index contributed by atoms with van der Waals surface area (Å²) in [6.07, 6.45) is 4.46. The monoisotopic (exact) mass is 442 g/mol. The highest BCUT2D eigenvalue weighted by Crippen LogP contribution is 2.26. The van der Waals surface area contributed by atoms with E-state index in [9.17, 15) is 4.79 Å². The highest BCUT2D eigenvalue weighted by molar-refractivity contribution is 6.30. The molecule has 0 aliphatic carbocycles. The number of benzene rings is 2. The van der Waals surface area contributed by atoms with Gasteiger partial charge in [-0.05, 0) is 62.1 Å². The van der Waals surface area contributed by atoms with Crippen LogP contribution in [0.15, 0.2) is 54.6 Å². The Hall–Kier alpha value is -2.08. The molecule has 1 amide bonds. The van der Waals surface area contributed by atoms with E-state index in [1.165, 1.54) is 18.4 Å². The van der Waals surface area contributed by atoms with Gasteiger partial charge in [-0.25, -0.2) is 0 Å². The van der Waals surface area contributed by atoms with Crippen LogP contribution < -0.4 is 4.74 Å². The number of halogens is 1. The summed E-state index contributed by atoms with van der Waals surface area (Å²) in [5, 5.41) is 0.659. The lowest BCUT2D eigenvalue weighted by Gasteiger charge is -2.39. The van der Waals surface area contributed by atoms with Gasteiger partial charge in [0, 0.05) is 30.2 Å². The molecule has 5 nitrogen and oxygen atoms in total. The van der Waals surface area contributed by atoms with E-state index in [0.717, 1.165) is 39.1 Å². The predicted molar refractivity (Wildman–Crippen MR) is 122 cm³/mol. The topological polar surface area (TPSA) is 42.0 Å². The quantitative estimate of drug-likeness (QED) is 0.608. The zero-order chi connectivity index (χ0) is 21.5. The molecule has 0 radical (unpaired) electrons. The first-order valence-corrected chi connectivity index (χ1v) is 11.6. The molecule has 4 rings (SSSR count). The van der Waals surface area contributed by atoms with Gasteiger partial charge in [0.2, 0.25) is 0 Å². The number of carbonyl (C=O) groups excluding carboxylic acids is 1. The summed E-state index contributed by atoms with van der Waals surface area (Å²) in [6, 6.07) is 18.5. The smallest absolute Gasteiger partial charge is 0.260 e. The molecule has 0 bridgehead atoms. The van der Waals surface area contributed by atoms with Gasteiger partial charge in [0.05, 0.1) is 13.2 Å². The summed E-state index contributed by atoms with van der Waals surface area (Å²) in [5.41, 5.74) is 1.22. The molecule has 1 atom stereocenters. The van der Waals surface area contributed by atoms with Gasteiger partial charge >= 0.3 is 0 Å². The lowest BCUT2D eigenvalue weighted by atomic mass is 10.0. The molecule has 0 N–H and O–H groups in total. The molecular formula is C25H31ClN2O3. The standard InChI is InChI=1S/C25H31ClN2O3/c26-21-8-10-24(11-9-21)31-19-25(29)27-15-12-22(13-16-27)28-14-4-7-23(28)18-30-17-20-5-2-1-3-6-20/h1-3,5-6,8-11,22-23H,4,7,12-19H2. The van der Waals surface area contributed by atoms with E-state index in [-0.39, 0.29) is 12.5 Å². The van der Waals surface area contributed by atoms with E-state index in [2.05, 4.69) is 29.2 Å². The van der Waals surface area contributed by atoms with Crippen LogP contribution in [0.2, 0.25) is 5.02 Å². The third kappa shape index (κ3) is 6.22. The number of likely N-dealkylation sites (tertiary alicyclic amines) is 2. The molecule has 1 unspecified atom stereocenters. The summed E-state index contributed by atoms with van der Waals surface area (Å²) in [7, 11) is 0. The van der Waals surface area contributed by atoms with Crippen molar-refractivity contribution in [1.29, 1.82) is 0 Å². The van der Waals surface area contributed by atoms with Crippen LogP contribution in [0.3, 0.4) is 0 Å². The molecule has 2 aliphatic rings. The zero-order valence-corrected chi connectivity index (χ0v) is 18.7. The van der Waals surface area contributed by atoms with E-state index >= 15 is 0 Å². The number of piperidine rings is 1. The SMILES string of the molecule is O=C(COc1ccc(Cl)cc1)N1CCC(N2CCCC2COCc2ccccc2)CC1. The van der Waals surface area contributed by atoms with Crippen molar-refractivity contribution in [3.8, 4) is 5.75 Å². The van der Waals surface area contributed by atoms with Crippen molar-refractivity contribution in [1.82, 2.24) is 9.80 Å². The number of hydrogen-bond donors (Lipinski definition) is 0. The largest absolute Gasteiger partial charge is 0.484 e. The fourth-order valence-electron chi connectivity index (χ4n) is 4.62. The van der Waals surface area contributed by atoms with Crippen LogP contribution in [0.4, 0.5) is 0 Å². The maximum Gasteiger partial charge on any atom is 0.260 e. The lowest BCUT2D eigenvalue weighted by molar-refractivity contribution is -0.135. The summed E-state index contributed by atoms with van der Waals surface area (Å²) in [5.74, 6) is 0.723. The second-order valence-electron chi connectivity index (χ2n) is 8.39. The molecule has 0 spiro atoms. The van der Waals surface area contributed by atoms with Crippen LogP contribution in [-0.2, 0) is 16.1 Å². The third-order valence-corrected chi connectivity index (χ3v) is 6.56. The van der Waals surface area contributed by atoms with E-state index in [0.29, 0.717) is 29.5 Å². The molecule has 2 fully saturated rings. The third-order valence-electron chi connectivity index (χ3n) is 6.31. The van der Waals surface area contributed by atoms with Crippen molar-refractivity contribution in [2.45, 2.75) is 44.4 Å². The second-order valence-corrected chi connectivity index (χ2v) is 8.83. The highest BCUT2D eigenvalue weighted by Gasteiger charge is 2.33. The minimum absolute atomic E-state index is 0.0533. The van der Waals surface area contributed by atoms with E-state index in [1.54, 1.807) is 24.3 Å². The number of nitrogens with zero attached hydrogens (tertiary/aromatic N) is 2. The predicted octanol–water partition coefficient (Wildman–Crippen LogP) is 4.39. The van der Waals surface area contributed by atoms with Crippen LogP contribution in [0.1, 0.15) is 31.2 Å². The van der Waals surface area contributed by atoms with Crippen molar-refractivity contribution in [3.05, 3.63) is 65.2 Å². The van der Waals surface area contributed by atoms with Crippen molar-refractivity contribution in [3.63, 3.8) is 0 Å². The van der Waals surface area contributed by atoms with Crippen LogP contribution >= 0.6 is 11.6 Å². The Balaban J connectivity index is 1.19. The molecule has 2 aromatic carbocycles. The normalized spacial score (nSPS) is 20.2. The maximum atomic E-state index is 12.5. The lowest BCUT2D eigenvalue weighted by Crippen LogP contribution is -2.49. The molecule has 0 saturated carbocycles. The molecule has 2 saturated heterocycles. The molecule has 2 heterocycles. The van der Waals surface area contributed by atoms with Gasteiger partial charge in [0.1, 0.15) is 5.75 Å². The molecule has 31 heavy (non-hydrogen) atoms. The molecule has 2 aliphatic heterocycles. The Bertz CT molecular complexity index is 822. The van der Waals surface area contributed by atoms with Crippen LogP contribution in [-0.4, -0.2) is 60.6 Å². The highest BCUT2D eigenvalue weighted by atomic mass is 35.5. The van der Waals surface area contributed by atoms with Gasteiger partial charge in [0.15, 0.2) is 6.61 Å². The maximum absolute atomic E-state index is 12.5. The van der Waals surface area contributed by atoms with Gasteiger partial charge in [-0.1, -0.05) is 41.9 Å². The first kappa shape index (κ1) is 22.1. The molecular weight excluding hydrogens is 412 g/mol. The zero-order valence-electron chi connectivity index (χ0n) is 17.9. The van der Waals surface area contributed by atoms with Crippen LogP contribution in [0.25, 0.3) is 0 Å². The number of hydrogen-bond acceptors (Lipinski definition) is 4. The van der Waals surface area contributed by atoms with Crippen molar-refractivity contribution in [2.24, 2.45) is 0 Å². The average molecular weight is 443 g/mol. The van der Waals surface area contributed by atoms with Gasteiger partial charge in [0.25, 0.3) is 5.91 Å². The minimum atomic E-state index is 0.0533. The Morgan fingerprint density at radius 3 is 2.45 bits per heavy atom. The average Bonchev–Trinajstić information content (AvgIpc) is 3.28. The Labute approximate surface area is 189 Å². The van der Waals surface area contributed by atoms with E-state index in [1.807, 2.05) is 11.0 Å². The fourth-order valence-corrected chi connectivity index (χ4v) is 4.74. The Kier molecular flexibility index (Phi) is 7.84. The molecule has 2 aromatic rings. The number of ether oxygens (including phenoxy) is 2. The summed E-state index contributed by atoms with van der Waals surface area (Å²) >= 11 is 5.89.